The number of nitrogens with zero attached hydrogens (tertiary/aromatic N) is 2. The van der Waals surface area contributed by atoms with E-state index in [1.165, 1.54) is 6.26 Å². The Balaban J connectivity index is 2.47. The molecule has 0 saturated heterocycles. The largest absolute Gasteiger partial charge is 0.382 e. The molecule has 22 heavy (non-hydrogen) atoms. The number of aromatic nitrogens is 2. The van der Waals surface area contributed by atoms with Crippen molar-refractivity contribution in [2.24, 2.45) is 0 Å². The van der Waals surface area contributed by atoms with Crippen LogP contribution in [0.4, 0.5) is 5.82 Å². The van der Waals surface area contributed by atoms with E-state index >= 15 is 0 Å². The number of benzene rings is 1. The van der Waals surface area contributed by atoms with Crippen molar-refractivity contribution < 1.29 is 8.42 Å². The average Bonchev–Trinajstić information content (AvgIpc) is 2.36. The van der Waals surface area contributed by atoms with Crippen molar-refractivity contribution in [1.82, 2.24) is 9.97 Å². The van der Waals surface area contributed by atoms with Crippen LogP contribution >= 0.6 is 0 Å². The van der Waals surface area contributed by atoms with Crippen LogP contribution in [0.25, 0.3) is 11.3 Å². The first-order valence-corrected chi connectivity index (χ1v) is 9.02. The Morgan fingerprint density at radius 3 is 2.50 bits per heavy atom. The molecule has 6 heteroatoms. The van der Waals surface area contributed by atoms with Gasteiger partial charge in [-0.3, -0.25) is 0 Å². The molecule has 118 valence electrons. The topological polar surface area (TPSA) is 85.9 Å². The van der Waals surface area contributed by atoms with Crippen LogP contribution in [0.3, 0.4) is 0 Å². The highest BCUT2D eigenvalue weighted by molar-refractivity contribution is 7.89. The molecule has 0 amide bonds. The minimum atomic E-state index is -3.07. The minimum absolute atomic E-state index is 0.00929. The van der Waals surface area contributed by atoms with E-state index < -0.39 is 9.84 Å². The van der Waals surface area contributed by atoms with Gasteiger partial charge in [0.15, 0.2) is 9.84 Å². The third kappa shape index (κ3) is 4.04. The van der Waals surface area contributed by atoms with Gasteiger partial charge < -0.3 is 5.73 Å². The molecule has 0 aliphatic carbocycles. The predicted molar refractivity (Wildman–Crippen MR) is 89.1 cm³/mol. The monoisotopic (exact) mass is 319 g/mol. The Kier molecular flexibility index (Phi) is 4.24. The van der Waals surface area contributed by atoms with Gasteiger partial charge in [-0.2, -0.15) is 0 Å². The van der Waals surface area contributed by atoms with Crippen molar-refractivity contribution in [3.63, 3.8) is 0 Å². The van der Waals surface area contributed by atoms with E-state index in [0.717, 1.165) is 16.8 Å². The van der Waals surface area contributed by atoms with Crippen LogP contribution in [0, 0.1) is 0 Å². The summed E-state index contributed by atoms with van der Waals surface area (Å²) < 4.78 is 22.9. The lowest BCUT2D eigenvalue weighted by Crippen LogP contribution is -2.17. The molecule has 0 bridgehead atoms. The maximum atomic E-state index is 11.4. The van der Waals surface area contributed by atoms with Crippen LogP contribution in [0.5, 0.6) is 0 Å². The molecular weight excluding hydrogens is 298 g/mol. The molecule has 0 unspecified atom stereocenters. The lowest BCUT2D eigenvalue weighted by atomic mass is 9.91. The Hall–Kier alpha value is -1.95. The van der Waals surface area contributed by atoms with Gasteiger partial charge in [0.25, 0.3) is 0 Å². The van der Waals surface area contributed by atoms with E-state index in [-0.39, 0.29) is 11.2 Å². The maximum absolute atomic E-state index is 11.4. The third-order valence-electron chi connectivity index (χ3n) is 3.16. The zero-order chi connectivity index (χ0) is 16.5. The number of sulfone groups is 1. The zero-order valence-corrected chi connectivity index (χ0v) is 14.1. The van der Waals surface area contributed by atoms with E-state index in [0.29, 0.717) is 11.5 Å². The lowest BCUT2D eigenvalue weighted by Gasteiger charge is -2.19. The van der Waals surface area contributed by atoms with Crippen molar-refractivity contribution in [3.8, 4) is 11.3 Å². The Morgan fingerprint density at radius 2 is 1.91 bits per heavy atom. The number of nitrogen functional groups attached to an aromatic ring is 1. The van der Waals surface area contributed by atoms with E-state index in [4.69, 9.17) is 5.73 Å². The lowest BCUT2D eigenvalue weighted by molar-refractivity contribution is 0.569. The summed E-state index contributed by atoms with van der Waals surface area (Å²) in [5, 5.41) is 0. The van der Waals surface area contributed by atoms with Gasteiger partial charge in [0.2, 0.25) is 0 Å². The van der Waals surface area contributed by atoms with E-state index in [2.05, 4.69) is 9.97 Å². The van der Waals surface area contributed by atoms with E-state index in [1.54, 1.807) is 12.3 Å². The molecule has 1 aromatic carbocycles. The smallest absolute Gasteiger partial charge is 0.151 e. The standard InChI is InChI=1S/C16H21N3O2S/c1-16(2,3)14-15(17)18-9-13(19-14)12-7-5-6-11(8-12)10-22(4,20)21/h5-9H,10H2,1-4H3,(H2,17,18). The Morgan fingerprint density at radius 1 is 1.23 bits per heavy atom. The van der Waals surface area contributed by atoms with E-state index in [1.807, 2.05) is 39.0 Å². The van der Waals surface area contributed by atoms with Crippen molar-refractivity contribution in [2.75, 3.05) is 12.0 Å². The second-order valence-corrected chi connectivity index (χ2v) is 8.65. The molecular formula is C16H21N3O2S. The molecule has 0 radical (unpaired) electrons. The molecule has 0 aliphatic rings. The number of rotatable bonds is 3. The van der Waals surface area contributed by atoms with Crippen molar-refractivity contribution in [2.45, 2.75) is 31.9 Å². The maximum Gasteiger partial charge on any atom is 0.151 e. The first-order valence-electron chi connectivity index (χ1n) is 6.96. The molecule has 2 N–H and O–H groups in total. The summed E-state index contributed by atoms with van der Waals surface area (Å²) in [5.41, 5.74) is 8.69. The predicted octanol–water partition coefficient (Wildman–Crippen LogP) is 2.57. The molecule has 0 atom stereocenters. The molecule has 2 aromatic rings. The molecule has 0 aliphatic heterocycles. The third-order valence-corrected chi connectivity index (χ3v) is 4.02. The summed E-state index contributed by atoms with van der Waals surface area (Å²) in [7, 11) is -3.07. The first-order chi connectivity index (χ1) is 10.1. The van der Waals surface area contributed by atoms with Gasteiger partial charge >= 0.3 is 0 Å². The van der Waals surface area contributed by atoms with Gasteiger partial charge in [-0.15, -0.1) is 0 Å². The SMILES string of the molecule is CC(C)(C)c1nc(-c2cccc(CS(C)(=O)=O)c2)cnc1N. The average molecular weight is 319 g/mol. The molecule has 1 heterocycles. The molecule has 0 saturated carbocycles. The fourth-order valence-electron chi connectivity index (χ4n) is 2.21. The number of hydrogen-bond donors (Lipinski definition) is 1. The molecule has 0 fully saturated rings. The number of hydrogen-bond acceptors (Lipinski definition) is 5. The van der Waals surface area contributed by atoms with E-state index in [9.17, 15) is 8.42 Å². The van der Waals surface area contributed by atoms with Gasteiger partial charge in [-0.05, 0) is 11.6 Å². The molecule has 0 spiro atoms. The van der Waals surface area contributed by atoms with Crippen LogP contribution in [-0.4, -0.2) is 24.6 Å². The molecule has 5 nitrogen and oxygen atoms in total. The summed E-state index contributed by atoms with van der Waals surface area (Å²) in [5.74, 6) is 0.429. The highest BCUT2D eigenvalue weighted by atomic mass is 32.2. The van der Waals surface area contributed by atoms with Gasteiger partial charge in [0.1, 0.15) is 5.82 Å². The van der Waals surface area contributed by atoms with Crippen LogP contribution in [-0.2, 0) is 21.0 Å². The van der Waals surface area contributed by atoms with Crippen LogP contribution in [0.1, 0.15) is 32.0 Å². The number of nitrogens with two attached hydrogens (primary N) is 1. The van der Waals surface area contributed by atoms with Gasteiger partial charge in [-0.25, -0.2) is 18.4 Å². The first kappa shape index (κ1) is 16.4. The van der Waals surface area contributed by atoms with Crippen molar-refractivity contribution >= 4 is 15.7 Å². The van der Waals surface area contributed by atoms with Gasteiger partial charge in [0.05, 0.1) is 23.3 Å². The molecule has 2 rings (SSSR count). The van der Waals surface area contributed by atoms with Gasteiger partial charge in [0, 0.05) is 17.2 Å². The Labute approximate surface area is 131 Å². The second-order valence-electron chi connectivity index (χ2n) is 6.51. The Bertz CT molecular complexity index is 793. The molecule has 1 aromatic heterocycles. The second kappa shape index (κ2) is 5.68. The summed E-state index contributed by atoms with van der Waals surface area (Å²) in [6.07, 6.45) is 2.84. The normalized spacial score (nSPS) is 12.4. The highest BCUT2D eigenvalue weighted by Crippen LogP contribution is 2.27. The quantitative estimate of drug-likeness (QED) is 0.939. The van der Waals surface area contributed by atoms with Crippen molar-refractivity contribution in [1.29, 1.82) is 0 Å². The summed E-state index contributed by atoms with van der Waals surface area (Å²) in [6, 6.07) is 7.33. The summed E-state index contributed by atoms with van der Waals surface area (Å²) >= 11 is 0. The van der Waals surface area contributed by atoms with Crippen LogP contribution in [0.2, 0.25) is 0 Å². The fraction of sp³-hybridized carbons (Fsp3) is 0.375. The number of anilines is 1. The summed E-state index contributed by atoms with van der Waals surface area (Å²) in [6.45, 7) is 6.08. The van der Waals surface area contributed by atoms with Gasteiger partial charge in [-0.1, -0.05) is 39.0 Å². The van der Waals surface area contributed by atoms with Crippen molar-refractivity contribution in [3.05, 3.63) is 41.7 Å². The zero-order valence-electron chi connectivity index (χ0n) is 13.3. The summed E-state index contributed by atoms with van der Waals surface area (Å²) in [4.78, 5) is 8.84. The fourth-order valence-corrected chi connectivity index (χ4v) is 3.00. The minimum Gasteiger partial charge on any atom is -0.382 e. The van der Waals surface area contributed by atoms with Crippen LogP contribution < -0.4 is 5.73 Å². The highest BCUT2D eigenvalue weighted by Gasteiger charge is 2.20. The van der Waals surface area contributed by atoms with Crippen LogP contribution in [0.15, 0.2) is 30.5 Å².